The average molecular weight is 192 g/mol. The monoisotopic (exact) mass is 192 g/mol. The number of hydrogen-bond acceptors (Lipinski definition) is 2. The fourth-order valence-electron chi connectivity index (χ4n) is 1.60. The van der Waals surface area contributed by atoms with E-state index in [2.05, 4.69) is 17.1 Å². The van der Waals surface area contributed by atoms with Crippen molar-refractivity contribution in [3.63, 3.8) is 0 Å². The first-order valence-electron chi connectivity index (χ1n) is 4.67. The molecule has 0 amide bonds. The van der Waals surface area contributed by atoms with Crippen molar-refractivity contribution in [1.82, 2.24) is 4.90 Å². The van der Waals surface area contributed by atoms with Crippen molar-refractivity contribution in [2.24, 2.45) is 0 Å². The van der Waals surface area contributed by atoms with Gasteiger partial charge in [-0.2, -0.15) is 0 Å². The van der Waals surface area contributed by atoms with Gasteiger partial charge in [-0.15, -0.1) is 0 Å². The van der Waals surface area contributed by atoms with Crippen molar-refractivity contribution >= 4 is 5.69 Å². The van der Waals surface area contributed by atoms with Crippen LogP contribution in [0.1, 0.15) is 5.56 Å². The van der Waals surface area contributed by atoms with Gasteiger partial charge in [-0.25, -0.2) is 4.39 Å². The summed E-state index contributed by atoms with van der Waals surface area (Å²) in [6, 6.07) is 4.52. The third-order valence-corrected chi connectivity index (χ3v) is 2.39. The molecule has 0 atom stereocenters. The van der Waals surface area contributed by atoms with Crippen LogP contribution in [0.25, 0.3) is 0 Å². The normalized spacial score (nSPS) is 16.4. The molecule has 2 N–H and O–H groups in total. The minimum absolute atomic E-state index is 0.221. The number of hydrogen-bond donors (Lipinski definition) is 1. The van der Waals surface area contributed by atoms with E-state index in [4.69, 9.17) is 5.73 Å². The third kappa shape index (κ3) is 1.93. The standard InChI is InChI=1S/C11H13FN2/c12-10-3-4-11(13)9(7-10)8-14-5-1-2-6-14/h1-4,7H,5-6,8,13H2. The zero-order valence-corrected chi connectivity index (χ0v) is 7.91. The van der Waals surface area contributed by atoms with Gasteiger partial charge in [-0.1, -0.05) is 12.2 Å². The Hall–Kier alpha value is -1.35. The van der Waals surface area contributed by atoms with Gasteiger partial charge in [-0.3, -0.25) is 4.90 Å². The van der Waals surface area contributed by atoms with Gasteiger partial charge < -0.3 is 5.73 Å². The van der Waals surface area contributed by atoms with Crippen molar-refractivity contribution in [3.05, 3.63) is 41.7 Å². The fourth-order valence-corrected chi connectivity index (χ4v) is 1.60. The molecule has 1 aliphatic heterocycles. The van der Waals surface area contributed by atoms with Crippen molar-refractivity contribution in [2.45, 2.75) is 6.54 Å². The smallest absolute Gasteiger partial charge is 0.123 e. The van der Waals surface area contributed by atoms with E-state index in [1.54, 1.807) is 6.07 Å². The van der Waals surface area contributed by atoms with Gasteiger partial charge in [-0.05, 0) is 23.8 Å². The maximum absolute atomic E-state index is 12.9. The lowest BCUT2D eigenvalue weighted by Gasteiger charge is -2.15. The molecule has 2 rings (SSSR count). The predicted octanol–water partition coefficient (Wildman–Crippen LogP) is 1.78. The molecule has 0 fully saturated rings. The molecule has 0 aliphatic carbocycles. The van der Waals surface area contributed by atoms with Gasteiger partial charge >= 0.3 is 0 Å². The van der Waals surface area contributed by atoms with Crippen molar-refractivity contribution < 1.29 is 4.39 Å². The molecule has 0 bridgehead atoms. The first kappa shape index (κ1) is 9.21. The molecule has 1 heterocycles. The van der Waals surface area contributed by atoms with Crippen LogP contribution in [0.4, 0.5) is 10.1 Å². The summed E-state index contributed by atoms with van der Waals surface area (Å²) in [5.41, 5.74) is 7.29. The summed E-state index contributed by atoms with van der Waals surface area (Å²) in [5, 5.41) is 0. The maximum Gasteiger partial charge on any atom is 0.123 e. The second-order valence-electron chi connectivity index (χ2n) is 3.51. The summed E-state index contributed by atoms with van der Waals surface area (Å²) in [6.45, 7) is 2.57. The number of anilines is 1. The lowest BCUT2D eigenvalue weighted by atomic mass is 10.1. The summed E-state index contributed by atoms with van der Waals surface area (Å²) in [4.78, 5) is 2.20. The molecule has 0 saturated heterocycles. The number of benzene rings is 1. The Morgan fingerprint density at radius 3 is 2.71 bits per heavy atom. The minimum atomic E-state index is -0.221. The largest absolute Gasteiger partial charge is 0.398 e. The molecule has 2 nitrogen and oxygen atoms in total. The summed E-state index contributed by atoms with van der Waals surface area (Å²) in [6.07, 6.45) is 4.21. The van der Waals surface area contributed by atoms with E-state index in [9.17, 15) is 4.39 Å². The Bertz CT molecular complexity index is 352. The summed E-state index contributed by atoms with van der Waals surface area (Å²) in [7, 11) is 0. The van der Waals surface area contributed by atoms with Crippen LogP contribution >= 0.6 is 0 Å². The second-order valence-corrected chi connectivity index (χ2v) is 3.51. The topological polar surface area (TPSA) is 29.3 Å². The molecule has 14 heavy (non-hydrogen) atoms. The van der Waals surface area contributed by atoms with Crippen LogP contribution in [-0.2, 0) is 6.54 Å². The summed E-state index contributed by atoms with van der Waals surface area (Å²) in [5.74, 6) is -0.221. The molecule has 0 spiro atoms. The molecular formula is C11H13FN2. The average Bonchev–Trinajstić information content (AvgIpc) is 2.64. The van der Waals surface area contributed by atoms with Crippen LogP contribution in [0.15, 0.2) is 30.4 Å². The van der Waals surface area contributed by atoms with E-state index in [0.717, 1.165) is 25.2 Å². The molecule has 0 aromatic heterocycles. The summed E-state index contributed by atoms with van der Waals surface area (Å²) >= 11 is 0. The van der Waals surface area contributed by atoms with Gasteiger partial charge in [0, 0.05) is 25.3 Å². The van der Waals surface area contributed by atoms with Crippen LogP contribution in [-0.4, -0.2) is 18.0 Å². The molecule has 1 aromatic rings. The Balaban J connectivity index is 2.11. The van der Waals surface area contributed by atoms with Gasteiger partial charge in [0.15, 0.2) is 0 Å². The number of nitrogens with zero attached hydrogens (tertiary/aromatic N) is 1. The fraction of sp³-hybridized carbons (Fsp3) is 0.273. The van der Waals surface area contributed by atoms with Crippen LogP contribution < -0.4 is 5.73 Å². The highest BCUT2D eigenvalue weighted by molar-refractivity contribution is 5.46. The SMILES string of the molecule is Nc1ccc(F)cc1CN1CC=CC1. The van der Waals surface area contributed by atoms with Gasteiger partial charge in [0.05, 0.1) is 0 Å². The molecular weight excluding hydrogens is 179 g/mol. The number of rotatable bonds is 2. The maximum atomic E-state index is 12.9. The van der Waals surface area contributed by atoms with Crippen molar-refractivity contribution in [1.29, 1.82) is 0 Å². The Labute approximate surface area is 82.8 Å². The zero-order valence-electron chi connectivity index (χ0n) is 7.91. The zero-order chi connectivity index (χ0) is 9.97. The Morgan fingerprint density at radius 2 is 2.00 bits per heavy atom. The van der Waals surface area contributed by atoms with Gasteiger partial charge in [0.1, 0.15) is 5.82 Å². The molecule has 0 saturated carbocycles. The van der Waals surface area contributed by atoms with E-state index in [1.165, 1.54) is 12.1 Å². The highest BCUT2D eigenvalue weighted by Crippen LogP contribution is 2.16. The Morgan fingerprint density at radius 1 is 1.29 bits per heavy atom. The quantitative estimate of drug-likeness (QED) is 0.571. The lowest BCUT2D eigenvalue weighted by molar-refractivity contribution is 0.345. The predicted molar refractivity (Wildman–Crippen MR) is 55.2 cm³/mol. The highest BCUT2D eigenvalue weighted by Gasteiger charge is 2.09. The van der Waals surface area contributed by atoms with Crippen LogP contribution in [0, 0.1) is 5.82 Å². The second kappa shape index (κ2) is 3.80. The molecule has 0 radical (unpaired) electrons. The molecule has 0 unspecified atom stereocenters. The number of nitrogen functional groups attached to an aromatic ring is 1. The lowest BCUT2D eigenvalue weighted by Crippen LogP contribution is -2.20. The highest BCUT2D eigenvalue weighted by atomic mass is 19.1. The van der Waals surface area contributed by atoms with E-state index in [0.29, 0.717) is 5.69 Å². The van der Waals surface area contributed by atoms with E-state index in [-0.39, 0.29) is 5.82 Å². The van der Waals surface area contributed by atoms with E-state index < -0.39 is 0 Å². The molecule has 3 heteroatoms. The van der Waals surface area contributed by atoms with E-state index in [1.807, 2.05) is 0 Å². The number of nitrogens with two attached hydrogens (primary N) is 1. The van der Waals surface area contributed by atoms with Crippen LogP contribution in [0.3, 0.4) is 0 Å². The number of halogens is 1. The first-order chi connectivity index (χ1) is 6.75. The Kier molecular flexibility index (Phi) is 2.50. The van der Waals surface area contributed by atoms with Crippen LogP contribution in [0.5, 0.6) is 0 Å². The van der Waals surface area contributed by atoms with Crippen molar-refractivity contribution in [3.8, 4) is 0 Å². The van der Waals surface area contributed by atoms with Crippen molar-refractivity contribution in [2.75, 3.05) is 18.8 Å². The first-order valence-corrected chi connectivity index (χ1v) is 4.67. The third-order valence-electron chi connectivity index (χ3n) is 2.39. The molecule has 1 aromatic carbocycles. The molecule has 74 valence electrons. The van der Waals surface area contributed by atoms with Gasteiger partial charge in [0.25, 0.3) is 0 Å². The summed E-state index contributed by atoms with van der Waals surface area (Å²) < 4.78 is 12.9. The molecule has 1 aliphatic rings. The van der Waals surface area contributed by atoms with Crippen LogP contribution in [0.2, 0.25) is 0 Å². The van der Waals surface area contributed by atoms with Gasteiger partial charge in [0.2, 0.25) is 0 Å². The van der Waals surface area contributed by atoms with E-state index >= 15 is 0 Å². The minimum Gasteiger partial charge on any atom is -0.398 e.